The van der Waals surface area contributed by atoms with Gasteiger partial charge in [-0.15, -0.1) is 0 Å². The third-order valence-corrected chi connectivity index (χ3v) is 6.67. The van der Waals surface area contributed by atoms with Crippen LogP contribution in [0.2, 0.25) is 0 Å². The molecule has 0 bridgehead atoms. The number of aromatic nitrogens is 1. The molecule has 182 valence electrons. The summed E-state index contributed by atoms with van der Waals surface area (Å²) >= 11 is 0. The number of rotatable bonds is 20. The monoisotopic (exact) mass is 442 g/mol. The number of nitrogens with zero attached hydrogens (tertiary/aromatic N) is 2. The highest BCUT2D eigenvalue weighted by atomic mass is 15.0. The van der Waals surface area contributed by atoms with E-state index in [4.69, 9.17) is 0 Å². The first-order chi connectivity index (χ1) is 15.7. The van der Waals surface area contributed by atoms with Gasteiger partial charge in [-0.25, -0.2) is 9.14 Å². The van der Waals surface area contributed by atoms with Gasteiger partial charge in [0.25, 0.3) is 0 Å². The van der Waals surface area contributed by atoms with Crippen molar-refractivity contribution in [2.24, 2.45) is 7.05 Å². The predicted molar refractivity (Wildman–Crippen MR) is 143 cm³/mol. The highest BCUT2D eigenvalue weighted by Gasteiger charge is 2.02. The molecule has 0 N–H and O–H groups in total. The second-order valence-corrected chi connectivity index (χ2v) is 9.68. The van der Waals surface area contributed by atoms with Crippen LogP contribution >= 0.6 is 0 Å². The minimum atomic E-state index is 1.09. The standard InChI is InChI=1S/C30H54N2/c1-5-7-8-9-10-11-12-13-14-15-16-17-18-19-20-21-25-32(6-2)28-22-29(3)30-23-26-31(4)27-24-30/h22-24,26-28H,5-21,25H2,1-4H3/q+2/b29-22+,32-28?. The molecule has 0 aliphatic carbocycles. The van der Waals surface area contributed by atoms with Crippen LogP contribution in [-0.2, 0) is 7.05 Å². The zero-order chi connectivity index (χ0) is 23.3. The average molecular weight is 443 g/mol. The second kappa shape index (κ2) is 20.2. The Labute approximate surface area is 200 Å². The van der Waals surface area contributed by atoms with Gasteiger partial charge in [-0.05, 0) is 31.4 Å². The van der Waals surface area contributed by atoms with Gasteiger partial charge in [0, 0.05) is 24.6 Å². The summed E-state index contributed by atoms with van der Waals surface area (Å²) in [5.74, 6) is 0. The van der Waals surface area contributed by atoms with Crippen LogP contribution in [0.1, 0.15) is 129 Å². The molecular weight excluding hydrogens is 388 g/mol. The molecule has 2 heteroatoms. The fourth-order valence-electron chi connectivity index (χ4n) is 4.28. The molecule has 1 heterocycles. The third-order valence-electron chi connectivity index (χ3n) is 6.67. The van der Waals surface area contributed by atoms with Crippen molar-refractivity contribution in [1.29, 1.82) is 0 Å². The van der Waals surface area contributed by atoms with Gasteiger partial charge in [-0.2, -0.15) is 0 Å². The molecule has 1 aromatic rings. The van der Waals surface area contributed by atoms with E-state index in [2.05, 4.69) is 73.8 Å². The molecule has 0 spiro atoms. The van der Waals surface area contributed by atoms with E-state index in [9.17, 15) is 0 Å². The topological polar surface area (TPSA) is 6.89 Å². The quantitative estimate of drug-likeness (QED) is 0.109. The van der Waals surface area contributed by atoms with Gasteiger partial charge in [0.2, 0.25) is 0 Å². The van der Waals surface area contributed by atoms with Crippen LogP contribution in [0, 0.1) is 0 Å². The Morgan fingerprint density at radius 2 is 1.16 bits per heavy atom. The number of hydrogen-bond donors (Lipinski definition) is 0. The molecule has 0 aliphatic heterocycles. The van der Waals surface area contributed by atoms with Crippen LogP contribution in [-0.4, -0.2) is 23.9 Å². The molecule has 1 aromatic heterocycles. The first kappa shape index (κ1) is 28.6. The van der Waals surface area contributed by atoms with E-state index in [0.29, 0.717) is 0 Å². The van der Waals surface area contributed by atoms with Crippen molar-refractivity contribution < 1.29 is 9.14 Å². The Hall–Kier alpha value is -1.44. The van der Waals surface area contributed by atoms with Gasteiger partial charge in [-0.1, -0.05) is 96.8 Å². The number of unbranched alkanes of at least 4 members (excludes halogenated alkanes) is 15. The van der Waals surface area contributed by atoms with Gasteiger partial charge in [0.1, 0.15) is 20.1 Å². The largest absolute Gasteiger partial charge is 0.236 e. The summed E-state index contributed by atoms with van der Waals surface area (Å²) in [6, 6.07) is 4.37. The van der Waals surface area contributed by atoms with E-state index in [0.717, 1.165) is 6.54 Å². The smallest absolute Gasteiger partial charge is 0.169 e. The lowest BCUT2D eigenvalue weighted by Gasteiger charge is -2.04. The van der Waals surface area contributed by atoms with Crippen molar-refractivity contribution in [3.05, 3.63) is 36.2 Å². The Morgan fingerprint density at radius 1 is 0.719 bits per heavy atom. The Kier molecular flexibility index (Phi) is 18.0. The molecule has 0 fully saturated rings. The summed E-state index contributed by atoms with van der Waals surface area (Å²) in [6.07, 6.45) is 31.7. The fraction of sp³-hybridized carbons (Fsp3) is 0.733. The van der Waals surface area contributed by atoms with Crippen molar-refractivity contribution >= 4 is 11.8 Å². The highest BCUT2D eigenvalue weighted by molar-refractivity contribution is 5.81. The predicted octanol–water partition coefficient (Wildman–Crippen LogP) is 8.28. The minimum Gasteiger partial charge on any atom is -0.236 e. The molecule has 0 saturated carbocycles. The van der Waals surface area contributed by atoms with Gasteiger partial charge in [0.15, 0.2) is 18.6 Å². The Bertz CT molecular complexity index is 612. The molecule has 2 nitrogen and oxygen atoms in total. The summed E-state index contributed by atoms with van der Waals surface area (Å²) in [7, 11) is 2.06. The lowest BCUT2D eigenvalue weighted by atomic mass is 10.0. The van der Waals surface area contributed by atoms with Crippen LogP contribution < -0.4 is 4.57 Å². The minimum absolute atomic E-state index is 1.09. The van der Waals surface area contributed by atoms with E-state index in [1.165, 1.54) is 120 Å². The molecule has 0 saturated heterocycles. The molecule has 0 unspecified atom stereocenters. The lowest BCUT2D eigenvalue weighted by molar-refractivity contribution is -0.671. The summed E-state index contributed by atoms with van der Waals surface area (Å²) in [5, 5.41) is 0. The normalized spacial score (nSPS) is 12.5. The molecular formula is C30H54N2+2. The summed E-state index contributed by atoms with van der Waals surface area (Å²) in [6.45, 7) is 9.03. The number of allylic oxidation sites excluding steroid dienone is 2. The van der Waals surface area contributed by atoms with E-state index in [1.807, 2.05) is 0 Å². The third kappa shape index (κ3) is 15.4. The highest BCUT2D eigenvalue weighted by Crippen LogP contribution is 2.14. The zero-order valence-electron chi connectivity index (χ0n) is 22.1. The summed E-state index contributed by atoms with van der Waals surface area (Å²) in [4.78, 5) is 0. The van der Waals surface area contributed by atoms with Gasteiger partial charge in [-0.3, -0.25) is 0 Å². The molecule has 1 rings (SSSR count). The number of pyridine rings is 1. The van der Waals surface area contributed by atoms with Crippen molar-refractivity contribution in [3.63, 3.8) is 0 Å². The molecule has 0 aliphatic rings. The van der Waals surface area contributed by atoms with E-state index in [1.54, 1.807) is 0 Å². The fourth-order valence-corrected chi connectivity index (χ4v) is 4.28. The molecule has 0 amide bonds. The first-order valence-electron chi connectivity index (χ1n) is 13.9. The van der Waals surface area contributed by atoms with E-state index >= 15 is 0 Å². The van der Waals surface area contributed by atoms with Crippen molar-refractivity contribution in [1.82, 2.24) is 0 Å². The molecule has 0 aromatic carbocycles. The van der Waals surface area contributed by atoms with Crippen molar-refractivity contribution in [2.75, 3.05) is 13.1 Å². The molecule has 0 radical (unpaired) electrons. The van der Waals surface area contributed by atoms with Crippen LogP contribution in [0.5, 0.6) is 0 Å². The maximum Gasteiger partial charge on any atom is 0.169 e. The van der Waals surface area contributed by atoms with Crippen LogP contribution in [0.4, 0.5) is 0 Å². The Morgan fingerprint density at radius 3 is 1.59 bits per heavy atom. The Balaban J connectivity index is 1.99. The van der Waals surface area contributed by atoms with Crippen LogP contribution in [0.3, 0.4) is 0 Å². The lowest BCUT2D eigenvalue weighted by Crippen LogP contribution is -2.25. The van der Waals surface area contributed by atoms with E-state index < -0.39 is 0 Å². The van der Waals surface area contributed by atoms with E-state index in [-0.39, 0.29) is 0 Å². The molecule has 0 atom stereocenters. The van der Waals surface area contributed by atoms with Gasteiger partial charge < -0.3 is 0 Å². The first-order valence-corrected chi connectivity index (χ1v) is 13.9. The van der Waals surface area contributed by atoms with Crippen molar-refractivity contribution in [2.45, 2.75) is 124 Å². The van der Waals surface area contributed by atoms with Crippen LogP contribution in [0.25, 0.3) is 5.57 Å². The summed E-state index contributed by atoms with van der Waals surface area (Å²) in [5.41, 5.74) is 2.63. The van der Waals surface area contributed by atoms with Gasteiger partial charge >= 0.3 is 0 Å². The molecule has 32 heavy (non-hydrogen) atoms. The van der Waals surface area contributed by atoms with Gasteiger partial charge in [0.05, 0.1) is 0 Å². The second-order valence-electron chi connectivity index (χ2n) is 9.68. The summed E-state index contributed by atoms with van der Waals surface area (Å²) < 4.78 is 4.53. The maximum atomic E-state index is 2.45. The number of hydrogen-bond acceptors (Lipinski definition) is 0. The van der Waals surface area contributed by atoms with Crippen LogP contribution in [0.15, 0.2) is 30.6 Å². The number of aryl methyl sites for hydroxylation is 1. The average Bonchev–Trinajstić information content (AvgIpc) is 2.81. The maximum absolute atomic E-state index is 2.45. The SMILES string of the molecule is CCCCCCCCCCCCCCCCCC[N+](=C/C=C(\C)c1cc[n+](C)cc1)CC. The van der Waals surface area contributed by atoms with Crippen molar-refractivity contribution in [3.8, 4) is 0 Å². The zero-order valence-corrected chi connectivity index (χ0v) is 22.1.